The highest BCUT2D eigenvalue weighted by Crippen LogP contribution is 2.35. The van der Waals surface area contributed by atoms with Crippen molar-refractivity contribution < 1.29 is 27.5 Å². The molecule has 2 atom stereocenters. The number of aromatic nitrogens is 6. The summed E-state index contributed by atoms with van der Waals surface area (Å²) in [6.45, 7) is 2.60. The molecule has 14 nitrogen and oxygen atoms in total. The Morgan fingerprint density at radius 3 is 1.72 bits per heavy atom. The first-order valence-corrected chi connectivity index (χ1v) is 21.7. The molecule has 0 bridgehead atoms. The van der Waals surface area contributed by atoms with Crippen LogP contribution < -0.4 is 5.32 Å². The van der Waals surface area contributed by atoms with Crippen LogP contribution in [0.2, 0.25) is 0 Å². The normalized spacial score (nSPS) is 15.0. The number of methoxy groups -OCH3 is 2. The predicted molar refractivity (Wildman–Crippen MR) is 230 cm³/mol. The van der Waals surface area contributed by atoms with E-state index in [0.29, 0.717) is 24.3 Å². The molecule has 0 radical (unpaired) electrons. The molecule has 2 aliphatic rings. The van der Waals surface area contributed by atoms with E-state index in [1.54, 1.807) is 39.7 Å². The Morgan fingerprint density at radius 2 is 1.16 bits per heavy atom. The zero-order chi connectivity index (χ0) is 42.7. The number of aryl methyl sites for hydroxylation is 2. The van der Waals surface area contributed by atoms with Gasteiger partial charge in [0.15, 0.2) is 0 Å². The van der Waals surface area contributed by atoms with Crippen LogP contribution >= 0.6 is 0 Å². The number of carbonyl (C=O) groups is 2. The van der Waals surface area contributed by atoms with E-state index < -0.39 is 10.0 Å². The highest BCUT2D eigenvalue weighted by atomic mass is 32.2. The Balaban J connectivity index is 0.000000176. The van der Waals surface area contributed by atoms with Crippen molar-refractivity contribution >= 4 is 44.0 Å². The van der Waals surface area contributed by atoms with Crippen LogP contribution in [0.1, 0.15) is 69.2 Å². The maximum absolute atomic E-state index is 13.2. The maximum atomic E-state index is 13.2. The van der Waals surface area contributed by atoms with E-state index in [4.69, 9.17) is 9.47 Å². The molecule has 2 aromatic heterocycles. The fourth-order valence-corrected chi connectivity index (χ4v) is 9.78. The van der Waals surface area contributed by atoms with Gasteiger partial charge in [-0.1, -0.05) is 77.2 Å². The summed E-state index contributed by atoms with van der Waals surface area (Å²) in [7, 11) is 2.92. The van der Waals surface area contributed by atoms with Crippen LogP contribution in [0.4, 0.5) is 0 Å². The maximum Gasteiger partial charge on any atom is 0.306 e. The summed E-state index contributed by atoms with van der Waals surface area (Å²) in [5, 5.41) is 20.0. The van der Waals surface area contributed by atoms with Gasteiger partial charge in [0.2, 0.25) is 10.0 Å². The van der Waals surface area contributed by atoms with Gasteiger partial charge in [-0.2, -0.15) is 4.31 Å². The Labute approximate surface area is 354 Å². The van der Waals surface area contributed by atoms with Crippen molar-refractivity contribution in [2.45, 2.75) is 55.5 Å². The molecule has 0 amide bonds. The van der Waals surface area contributed by atoms with E-state index in [2.05, 4.69) is 50.2 Å². The van der Waals surface area contributed by atoms with Gasteiger partial charge in [-0.05, 0) is 100 Å². The molecule has 4 heterocycles. The zero-order valence-corrected chi connectivity index (χ0v) is 35.4. The minimum atomic E-state index is -3.59. The Morgan fingerprint density at radius 1 is 0.656 bits per heavy atom. The molecular formula is C46H48N8O6S. The summed E-state index contributed by atoms with van der Waals surface area (Å²) in [5.41, 5.74) is 12.2. The first kappa shape index (κ1) is 41.4. The third kappa shape index (κ3) is 8.81. The monoisotopic (exact) mass is 840 g/mol. The summed E-state index contributed by atoms with van der Waals surface area (Å²) in [4.78, 5) is 24.7. The van der Waals surface area contributed by atoms with Crippen molar-refractivity contribution in [3.05, 3.63) is 148 Å². The van der Waals surface area contributed by atoms with Gasteiger partial charge in [-0.15, -0.1) is 10.2 Å². The summed E-state index contributed by atoms with van der Waals surface area (Å²) >= 11 is 0. The lowest BCUT2D eigenvalue weighted by Crippen LogP contribution is -2.36. The number of carbonyl (C=O) groups excluding carboxylic acids is 2. The average Bonchev–Trinajstić information content (AvgIpc) is 3.87. The molecule has 15 heteroatoms. The van der Waals surface area contributed by atoms with Gasteiger partial charge in [0.1, 0.15) is 11.0 Å². The van der Waals surface area contributed by atoms with Crippen molar-refractivity contribution in [2.75, 3.05) is 27.3 Å². The van der Waals surface area contributed by atoms with E-state index in [0.717, 1.165) is 75.0 Å². The van der Waals surface area contributed by atoms with Crippen LogP contribution in [0.5, 0.6) is 0 Å². The quantitative estimate of drug-likeness (QED) is 0.168. The van der Waals surface area contributed by atoms with E-state index in [-0.39, 0.29) is 36.7 Å². The van der Waals surface area contributed by atoms with Crippen molar-refractivity contribution in [2.24, 2.45) is 14.1 Å². The SMILES string of the molecule is COC(=O)CC(c1ccc2c(c1)CN(S(=O)(=O)c1ccccc1)CC2)c1ccc2c(c1)nnn2C.COC(=O)CC(c1ccc2c(c1)CNCC2)c1ccc2c(c1)nnn2C. The average molecular weight is 841 g/mol. The molecule has 0 aliphatic carbocycles. The van der Waals surface area contributed by atoms with Gasteiger partial charge in [0.25, 0.3) is 0 Å². The Hall–Kier alpha value is -6.29. The van der Waals surface area contributed by atoms with Gasteiger partial charge in [-0.3, -0.25) is 9.59 Å². The standard InChI is InChI=1S/C26H26N4O4S.C20H22N4O2/c1-29-25-11-10-20(15-24(25)27-28-29)23(16-26(31)34-2)19-9-8-18-12-13-30(17-21(18)14-19)35(32,33)22-6-4-3-5-7-22;1-24-19-6-5-15(10-18(19)22-23-24)17(11-20(25)26-2)14-4-3-13-7-8-21-12-16(13)9-14/h3-11,14-15,23H,12-13,16-17H2,1-2H3;3-6,9-10,17,21H,7-8,11-12H2,1-2H3. The summed E-state index contributed by atoms with van der Waals surface area (Å²) < 4.78 is 41.3. The number of nitrogens with one attached hydrogen (secondary N) is 1. The highest BCUT2D eigenvalue weighted by molar-refractivity contribution is 7.89. The Bertz CT molecular complexity index is 2840. The third-order valence-corrected chi connectivity index (χ3v) is 13.6. The van der Waals surface area contributed by atoms with Crippen LogP contribution in [0, 0.1) is 0 Å². The van der Waals surface area contributed by atoms with Crippen LogP contribution in [0.25, 0.3) is 22.1 Å². The van der Waals surface area contributed by atoms with Gasteiger partial charge in [0, 0.05) is 45.6 Å². The number of hydrogen-bond acceptors (Lipinski definition) is 11. The molecule has 2 unspecified atom stereocenters. The van der Waals surface area contributed by atoms with Crippen LogP contribution in [0.3, 0.4) is 0 Å². The smallest absolute Gasteiger partial charge is 0.306 e. The first-order chi connectivity index (χ1) is 29.5. The van der Waals surface area contributed by atoms with Gasteiger partial charge in [0.05, 0.1) is 43.0 Å². The number of sulfonamides is 1. The third-order valence-electron chi connectivity index (χ3n) is 11.8. The fraction of sp³-hybridized carbons (Fsp3) is 0.304. The number of benzene rings is 5. The molecule has 1 N–H and O–H groups in total. The number of nitrogens with zero attached hydrogens (tertiary/aromatic N) is 7. The van der Waals surface area contributed by atoms with Gasteiger partial charge in [-0.25, -0.2) is 17.8 Å². The molecule has 61 heavy (non-hydrogen) atoms. The molecule has 0 spiro atoms. The minimum absolute atomic E-state index is 0.0684. The summed E-state index contributed by atoms with van der Waals surface area (Å²) in [6, 6.07) is 33.1. The molecule has 0 saturated heterocycles. The highest BCUT2D eigenvalue weighted by Gasteiger charge is 2.30. The van der Waals surface area contributed by atoms with Gasteiger partial charge < -0.3 is 14.8 Å². The van der Waals surface area contributed by atoms with Crippen LogP contribution in [-0.4, -0.2) is 82.0 Å². The lowest BCUT2D eigenvalue weighted by molar-refractivity contribution is -0.141. The second-order valence-corrected chi connectivity index (χ2v) is 17.4. The fourth-order valence-electron chi connectivity index (χ4n) is 8.34. The van der Waals surface area contributed by atoms with Crippen molar-refractivity contribution in [1.29, 1.82) is 0 Å². The molecule has 5 aromatic carbocycles. The molecule has 2 aliphatic heterocycles. The summed E-state index contributed by atoms with van der Waals surface area (Å²) in [5.74, 6) is -0.869. The molecule has 0 fully saturated rings. The zero-order valence-electron chi connectivity index (χ0n) is 34.6. The van der Waals surface area contributed by atoms with Crippen molar-refractivity contribution in [3.8, 4) is 0 Å². The number of rotatable bonds is 10. The Kier molecular flexibility index (Phi) is 12.1. The molecule has 9 rings (SSSR count). The van der Waals surface area contributed by atoms with E-state index in [1.807, 2.05) is 62.6 Å². The molecule has 314 valence electrons. The van der Waals surface area contributed by atoms with E-state index >= 15 is 0 Å². The molecule has 7 aromatic rings. The second-order valence-electron chi connectivity index (χ2n) is 15.5. The minimum Gasteiger partial charge on any atom is -0.469 e. The van der Waals surface area contributed by atoms with Gasteiger partial charge >= 0.3 is 11.9 Å². The predicted octanol–water partition coefficient (Wildman–Crippen LogP) is 5.72. The number of hydrogen-bond donors (Lipinski definition) is 1. The molecule has 0 saturated carbocycles. The first-order valence-electron chi connectivity index (χ1n) is 20.2. The number of ether oxygens (including phenoxy) is 2. The van der Waals surface area contributed by atoms with Crippen molar-refractivity contribution in [1.82, 2.24) is 39.6 Å². The van der Waals surface area contributed by atoms with Crippen molar-refractivity contribution in [3.63, 3.8) is 0 Å². The number of esters is 2. The van der Waals surface area contributed by atoms with Crippen LogP contribution in [-0.2, 0) is 69.1 Å². The lowest BCUT2D eigenvalue weighted by atomic mass is 9.85. The molecular weight excluding hydrogens is 793 g/mol. The second kappa shape index (κ2) is 17.7. The summed E-state index contributed by atoms with van der Waals surface area (Å²) in [6.07, 6.45) is 2.14. The van der Waals surface area contributed by atoms with E-state index in [1.165, 1.54) is 29.7 Å². The lowest BCUT2D eigenvalue weighted by Gasteiger charge is -2.29. The van der Waals surface area contributed by atoms with E-state index in [9.17, 15) is 18.0 Å². The topological polar surface area (TPSA) is 163 Å². The van der Waals surface area contributed by atoms with Crippen LogP contribution in [0.15, 0.2) is 108 Å². The number of fused-ring (bicyclic) bond motifs is 4. The largest absolute Gasteiger partial charge is 0.469 e.